The van der Waals surface area contributed by atoms with Crippen LogP contribution in [-0.2, 0) is 0 Å². The number of fused-ring (bicyclic) bond motifs is 1. The Labute approximate surface area is 111 Å². The first-order valence-corrected chi connectivity index (χ1v) is 7.31. The van der Waals surface area contributed by atoms with E-state index in [9.17, 15) is 5.11 Å². The molecule has 3 unspecified atom stereocenters. The summed E-state index contributed by atoms with van der Waals surface area (Å²) in [6.45, 7) is 5.86. The van der Waals surface area contributed by atoms with Gasteiger partial charge in [-0.3, -0.25) is 0 Å². The van der Waals surface area contributed by atoms with Crippen molar-refractivity contribution in [2.75, 3.05) is 40.3 Å². The van der Waals surface area contributed by atoms with Crippen LogP contribution in [0.4, 0.5) is 0 Å². The topological polar surface area (TPSA) is 38.7 Å². The van der Waals surface area contributed by atoms with Crippen LogP contribution in [0.15, 0.2) is 0 Å². The Morgan fingerprint density at radius 2 is 2.11 bits per heavy atom. The summed E-state index contributed by atoms with van der Waals surface area (Å²) in [6.07, 6.45) is 5.23. The SMILES string of the molecule is CN(C)CC(C)(O)CNC1CCN2CCCC2C1. The van der Waals surface area contributed by atoms with Gasteiger partial charge in [0, 0.05) is 25.2 Å². The van der Waals surface area contributed by atoms with Crippen LogP contribution in [0.1, 0.15) is 32.6 Å². The molecule has 0 aromatic heterocycles. The molecule has 2 aliphatic heterocycles. The van der Waals surface area contributed by atoms with Gasteiger partial charge in [0.2, 0.25) is 0 Å². The lowest BCUT2D eigenvalue weighted by Crippen LogP contribution is -2.52. The van der Waals surface area contributed by atoms with Crippen LogP contribution in [0.25, 0.3) is 0 Å². The number of nitrogens with zero attached hydrogens (tertiary/aromatic N) is 2. The molecule has 2 rings (SSSR count). The van der Waals surface area contributed by atoms with Gasteiger partial charge in [-0.05, 0) is 59.8 Å². The minimum absolute atomic E-state index is 0.595. The van der Waals surface area contributed by atoms with Crippen molar-refractivity contribution in [1.82, 2.24) is 15.1 Å². The van der Waals surface area contributed by atoms with Crippen molar-refractivity contribution >= 4 is 0 Å². The van der Waals surface area contributed by atoms with Crippen molar-refractivity contribution in [3.63, 3.8) is 0 Å². The molecular weight excluding hydrogens is 226 g/mol. The molecule has 106 valence electrons. The zero-order valence-corrected chi connectivity index (χ0v) is 12.2. The first-order chi connectivity index (χ1) is 8.46. The van der Waals surface area contributed by atoms with Crippen molar-refractivity contribution < 1.29 is 5.11 Å². The monoisotopic (exact) mass is 255 g/mol. The highest BCUT2D eigenvalue weighted by molar-refractivity contribution is 4.90. The van der Waals surface area contributed by atoms with Crippen LogP contribution in [0.3, 0.4) is 0 Å². The number of nitrogens with one attached hydrogen (secondary N) is 1. The maximum Gasteiger partial charge on any atom is 0.0869 e. The maximum absolute atomic E-state index is 10.3. The van der Waals surface area contributed by atoms with Gasteiger partial charge in [-0.25, -0.2) is 0 Å². The number of piperidine rings is 1. The highest BCUT2D eigenvalue weighted by Gasteiger charge is 2.32. The Balaban J connectivity index is 1.73. The highest BCUT2D eigenvalue weighted by atomic mass is 16.3. The number of likely N-dealkylation sites (N-methyl/N-ethyl adjacent to an activating group) is 1. The molecule has 2 fully saturated rings. The summed E-state index contributed by atoms with van der Waals surface area (Å²) in [6, 6.07) is 1.40. The zero-order chi connectivity index (χ0) is 13.2. The lowest BCUT2D eigenvalue weighted by atomic mass is 9.96. The third kappa shape index (κ3) is 3.92. The van der Waals surface area contributed by atoms with Crippen molar-refractivity contribution in [2.45, 2.75) is 50.3 Å². The maximum atomic E-state index is 10.3. The summed E-state index contributed by atoms with van der Waals surface area (Å²) < 4.78 is 0. The van der Waals surface area contributed by atoms with Gasteiger partial charge >= 0.3 is 0 Å². The normalized spacial score (nSPS) is 32.5. The van der Waals surface area contributed by atoms with Gasteiger partial charge in [-0.15, -0.1) is 0 Å². The Morgan fingerprint density at radius 1 is 1.33 bits per heavy atom. The quantitative estimate of drug-likeness (QED) is 0.751. The molecule has 0 bridgehead atoms. The summed E-state index contributed by atoms with van der Waals surface area (Å²) in [5, 5.41) is 13.9. The van der Waals surface area contributed by atoms with Crippen LogP contribution in [0, 0.1) is 0 Å². The van der Waals surface area contributed by atoms with Crippen LogP contribution < -0.4 is 5.32 Å². The Kier molecular flexibility index (Phi) is 4.64. The first kappa shape index (κ1) is 14.3. The molecule has 2 saturated heterocycles. The van der Waals surface area contributed by atoms with E-state index >= 15 is 0 Å². The molecule has 2 aliphatic rings. The van der Waals surface area contributed by atoms with E-state index in [0.717, 1.165) is 6.04 Å². The molecule has 4 nitrogen and oxygen atoms in total. The number of hydrogen-bond donors (Lipinski definition) is 2. The molecule has 0 amide bonds. The third-order valence-electron chi connectivity index (χ3n) is 4.25. The lowest BCUT2D eigenvalue weighted by molar-refractivity contribution is 0.0277. The van der Waals surface area contributed by atoms with Crippen LogP contribution in [0.2, 0.25) is 0 Å². The molecule has 0 spiro atoms. The average molecular weight is 255 g/mol. The molecule has 4 heteroatoms. The Morgan fingerprint density at radius 3 is 2.83 bits per heavy atom. The molecular formula is C14H29N3O. The fourth-order valence-corrected chi connectivity index (χ4v) is 3.51. The van der Waals surface area contributed by atoms with Crippen molar-refractivity contribution in [3.05, 3.63) is 0 Å². The van der Waals surface area contributed by atoms with Crippen LogP contribution >= 0.6 is 0 Å². The lowest BCUT2D eigenvalue weighted by Gasteiger charge is -2.37. The zero-order valence-electron chi connectivity index (χ0n) is 12.2. The van der Waals surface area contributed by atoms with Crippen LogP contribution in [0.5, 0.6) is 0 Å². The average Bonchev–Trinajstić information content (AvgIpc) is 2.71. The van der Waals surface area contributed by atoms with E-state index in [-0.39, 0.29) is 0 Å². The molecule has 3 atom stereocenters. The van der Waals surface area contributed by atoms with Gasteiger partial charge in [-0.1, -0.05) is 0 Å². The summed E-state index contributed by atoms with van der Waals surface area (Å²) in [5.74, 6) is 0. The minimum Gasteiger partial charge on any atom is -0.388 e. The predicted molar refractivity (Wildman–Crippen MR) is 74.8 cm³/mol. The van der Waals surface area contributed by atoms with Gasteiger partial charge < -0.3 is 20.2 Å². The summed E-state index contributed by atoms with van der Waals surface area (Å²) in [4.78, 5) is 4.68. The fraction of sp³-hybridized carbons (Fsp3) is 1.00. The second-order valence-corrected chi connectivity index (χ2v) is 6.67. The number of aliphatic hydroxyl groups is 1. The Hall–Kier alpha value is -0.160. The van der Waals surface area contributed by atoms with E-state index in [2.05, 4.69) is 10.2 Å². The standard InChI is InChI=1S/C14H29N3O/c1-14(18,11-16(2)3)10-15-12-6-8-17-7-4-5-13(17)9-12/h12-13,15,18H,4-11H2,1-3H3. The van der Waals surface area contributed by atoms with E-state index in [1.165, 1.54) is 38.8 Å². The molecule has 0 radical (unpaired) electrons. The summed E-state index contributed by atoms with van der Waals surface area (Å²) >= 11 is 0. The molecule has 0 aromatic carbocycles. The molecule has 2 N–H and O–H groups in total. The third-order valence-corrected chi connectivity index (χ3v) is 4.25. The molecule has 2 heterocycles. The van der Waals surface area contributed by atoms with Gasteiger partial charge in [0.15, 0.2) is 0 Å². The molecule has 0 aromatic rings. The molecule has 18 heavy (non-hydrogen) atoms. The number of rotatable bonds is 5. The minimum atomic E-state index is -0.629. The predicted octanol–water partition coefficient (Wildman–Crippen LogP) is 0.515. The molecule has 0 aliphatic carbocycles. The van der Waals surface area contributed by atoms with E-state index in [1.54, 1.807) is 0 Å². The number of hydrogen-bond acceptors (Lipinski definition) is 4. The van der Waals surface area contributed by atoms with Gasteiger partial charge in [0.05, 0.1) is 5.60 Å². The first-order valence-electron chi connectivity index (χ1n) is 7.31. The van der Waals surface area contributed by atoms with Crippen molar-refractivity contribution in [2.24, 2.45) is 0 Å². The second kappa shape index (κ2) is 5.87. The van der Waals surface area contributed by atoms with Crippen molar-refractivity contribution in [3.8, 4) is 0 Å². The second-order valence-electron chi connectivity index (χ2n) is 6.67. The fourth-order valence-electron chi connectivity index (χ4n) is 3.51. The van der Waals surface area contributed by atoms with Crippen molar-refractivity contribution in [1.29, 1.82) is 0 Å². The summed E-state index contributed by atoms with van der Waals surface area (Å²) in [5.41, 5.74) is -0.629. The van der Waals surface area contributed by atoms with E-state index in [4.69, 9.17) is 0 Å². The molecule has 0 saturated carbocycles. The van der Waals surface area contributed by atoms with Gasteiger partial charge in [-0.2, -0.15) is 0 Å². The van der Waals surface area contributed by atoms with E-state index in [1.807, 2.05) is 25.9 Å². The Bertz CT molecular complexity index is 268. The van der Waals surface area contributed by atoms with Gasteiger partial charge in [0.25, 0.3) is 0 Å². The largest absolute Gasteiger partial charge is 0.388 e. The van der Waals surface area contributed by atoms with Gasteiger partial charge in [0.1, 0.15) is 0 Å². The van der Waals surface area contributed by atoms with E-state index < -0.39 is 5.60 Å². The smallest absolute Gasteiger partial charge is 0.0869 e. The van der Waals surface area contributed by atoms with Crippen LogP contribution in [-0.4, -0.2) is 72.9 Å². The summed E-state index contributed by atoms with van der Waals surface area (Å²) in [7, 11) is 4.01. The van der Waals surface area contributed by atoms with E-state index in [0.29, 0.717) is 19.1 Å². The highest BCUT2D eigenvalue weighted by Crippen LogP contribution is 2.26.